The summed E-state index contributed by atoms with van der Waals surface area (Å²) in [4.78, 5) is 18.6. The molecule has 1 saturated heterocycles. The summed E-state index contributed by atoms with van der Waals surface area (Å²) in [6.45, 7) is 9.38. The van der Waals surface area contributed by atoms with E-state index in [1.165, 1.54) is 6.42 Å². The second-order valence-corrected chi connectivity index (χ2v) is 7.18. The number of amides is 1. The number of carbonyl (C=O) groups excluding carboxylic acids is 1. The highest BCUT2D eigenvalue weighted by Crippen LogP contribution is 2.48. The predicted octanol–water partition coefficient (Wildman–Crippen LogP) is 2.15. The van der Waals surface area contributed by atoms with Crippen molar-refractivity contribution in [1.82, 2.24) is 15.5 Å². The van der Waals surface area contributed by atoms with Gasteiger partial charge in [0.05, 0.1) is 12.6 Å². The van der Waals surface area contributed by atoms with Crippen LogP contribution in [0, 0.1) is 5.41 Å². The van der Waals surface area contributed by atoms with E-state index >= 15 is 0 Å². The molecule has 144 valence electrons. The maximum Gasteiger partial charge on any atom is 0.241 e. The lowest BCUT2D eigenvalue weighted by molar-refractivity contribution is -0.133. The van der Waals surface area contributed by atoms with E-state index in [2.05, 4.69) is 36.4 Å². The number of carbonyl (C=O) groups is 1. The summed E-state index contributed by atoms with van der Waals surface area (Å²) in [6.07, 6.45) is 6.95. The van der Waals surface area contributed by atoms with Crippen LogP contribution in [0.2, 0.25) is 0 Å². The zero-order valence-corrected chi connectivity index (χ0v) is 16.4. The molecule has 25 heavy (non-hydrogen) atoms. The van der Waals surface area contributed by atoms with Gasteiger partial charge in [0.1, 0.15) is 0 Å². The van der Waals surface area contributed by atoms with E-state index < -0.39 is 0 Å². The molecular weight excluding hydrogens is 316 g/mol. The predicted molar refractivity (Wildman–Crippen MR) is 102 cm³/mol. The van der Waals surface area contributed by atoms with E-state index in [4.69, 9.17) is 4.74 Å². The van der Waals surface area contributed by atoms with Crippen LogP contribution in [0.15, 0.2) is 4.99 Å². The number of likely N-dealkylation sites (tertiary alicyclic amines) is 1. The summed E-state index contributed by atoms with van der Waals surface area (Å²) in [5.41, 5.74) is 0.157. The monoisotopic (exact) mass is 352 g/mol. The first-order valence-corrected chi connectivity index (χ1v) is 9.97. The first-order valence-electron chi connectivity index (χ1n) is 9.97. The second-order valence-electron chi connectivity index (χ2n) is 7.18. The topological polar surface area (TPSA) is 66.0 Å². The Morgan fingerprint density at radius 1 is 1.20 bits per heavy atom. The van der Waals surface area contributed by atoms with Gasteiger partial charge in [0.15, 0.2) is 5.96 Å². The molecule has 2 unspecified atom stereocenters. The molecule has 2 aliphatic rings. The van der Waals surface area contributed by atoms with Crippen molar-refractivity contribution in [3.05, 3.63) is 0 Å². The van der Waals surface area contributed by atoms with Crippen LogP contribution in [0.5, 0.6) is 0 Å². The average molecular weight is 353 g/mol. The third kappa shape index (κ3) is 4.46. The van der Waals surface area contributed by atoms with E-state index in [-0.39, 0.29) is 11.3 Å². The smallest absolute Gasteiger partial charge is 0.241 e. The minimum Gasteiger partial charge on any atom is -0.378 e. The normalized spacial score (nSPS) is 26.1. The molecule has 0 spiro atoms. The number of hydrogen-bond acceptors (Lipinski definition) is 3. The maximum atomic E-state index is 12.3. The van der Waals surface area contributed by atoms with Gasteiger partial charge in [-0.2, -0.15) is 0 Å². The van der Waals surface area contributed by atoms with E-state index in [0.29, 0.717) is 18.7 Å². The summed E-state index contributed by atoms with van der Waals surface area (Å²) in [5.74, 6) is 0.886. The molecule has 1 saturated carbocycles. The number of hydrogen-bond donors (Lipinski definition) is 2. The highest BCUT2D eigenvalue weighted by molar-refractivity contribution is 5.86. The molecule has 1 aliphatic carbocycles. The van der Waals surface area contributed by atoms with Crippen molar-refractivity contribution in [2.75, 3.05) is 33.3 Å². The molecule has 1 amide bonds. The van der Waals surface area contributed by atoms with Crippen LogP contribution in [0.25, 0.3) is 0 Å². The highest BCUT2D eigenvalue weighted by Gasteiger charge is 2.53. The molecule has 1 heterocycles. The quantitative estimate of drug-likeness (QED) is 0.544. The minimum atomic E-state index is 0.157. The molecule has 2 atom stereocenters. The average Bonchev–Trinajstić information content (AvgIpc) is 2.65. The molecule has 2 N–H and O–H groups in total. The van der Waals surface area contributed by atoms with E-state index in [1.807, 2.05) is 4.90 Å². The fourth-order valence-corrected chi connectivity index (χ4v) is 4.36. The fourth-order valence-electron chi connectivity index (χ4n) is 4.36. The molecule has 2 rings (SSSR count). The zero-order chi connectivity index (χ0) is 18.3. The summed E-state index contributed by atoms with van der Waals surface area (Å²) in [6, 6.07) is 0.343. The Hall–Kier alpha value is -1.30. The lowest BCUT2D eigenvalue weighted by Crippen LogP contribution is -2.66. The van der Waals surface area contributed by atoms with E-state index in [9.17, 15) is 4.79 Å². The number of ether oxygens (including phenoxy) is 1. The molecule has 6 nitrogen and oxygen atoms in total. The van der Waals surface area contributed by atoms with E-state index in [1.54, 1.807) is 7.05 Å². The lowest BCUT2D eigenvalue weighted by Gasteiger charge is -2.55. The Morgan fingerprint density at radius 3 is 2.44 bits per heavy atom. The van der Waals surface area contributed by atoms with Crippen molar-refractivity contribution in [3.63, 3.8) is 0 Å². The van der Waals surface area contributed by atoms with Crippen LogP contribution < -0.4 is 10.6 Å². The number of guanidine groups is 1. The van der Waals surface area contributed by atoms with Crippen molar-refractivity contribution in [2.45, 2.75) is 71.4 Å². The van der Waals surface area contributed by atoms with Crippen LogP contribution in [0.4, 0.5) is 0 Å². The SMILES string of the molecule is CCOC1CC(NC(=NC)NCC(=O)N2CCCCC2)C1(CC)CC. The minimum absolute atomic E-state index is 0.157. The van der Waals surface area contributed by atoms with Crippen molar-refractivity contribution >= 4 is 11.9 Å². The van der Waals surface area contributed by atoms with Crippen LogP contribution in [0.3, 0.4) is 0 Å². The Balaban J connectivity index is 1.86. The summed E-state index contributed by atoms with van der Waals surface area (Å²) in [7, 11) is 1.76. The fraction of sp³-hybridized carbons (Fsp3) is 0.895. The number of aliphatic imine (C=N–C) groups is 1. The van der Waals surface area contributed by atoms with Crippen LogP contribution in [0.1, 0.15) is 59.3 Å². The second kappa shape index (κ2) is 9.41. The van der Waals surface area contributed by atoms with Gasteiger partial charge in [0.2, 0.25) is 5.91 Å². The van der Waals surface area contributed by atoms with Gasteiger partial charge in [0.25, 0.3) is 0 Å². The van der Waals surface area contributed by atoms with Crippen LogP contribution >= 0.6 is 0 Å². The molecule has 2 fully saturated rings. The van der Waals surface area contributed by atoms with Gasteiger partial charge in [0, 0.05) is 38.2 Å². The standard InChI is InChI=1S/C19H36N4O2/c1-5-19(6-2)15(13-16(19)25-7-3)22-18(20-4)21-14-17(24)23-11-9-8-10-12-23/h15-16H,5-14H2,1-4H3,(H2,20,21,22). The van der Waals surface area contributed by atoms with Gasteiger partial charge in [-0.15, -0.1) is 0 Å². The number of nitrogens with zero attached hydrogens (tertiary/aromatic N) is 2. The Morgan fingerprint density at radius 2 is 1.88 bits per heavy atom. The third-order valence-corrected chi connectivity index (χ3v) is 6.12. The highest BCUT2D eigenvalue weighted by atomic mass is 16.5. The summed E-state index contributed by atoms with van der Waals surface area (Å²) in [5, 5.41) is 6.74. The number of nitrogens with one attached hydrogen (secondary N) is 2. The van der Waals surface area contributed by atoms with Crippen molar-refractivity contribution < 1.29 is 9.53 Å². The molecular formula is C19H36N4O2. The summed E-state index contributed by atoms with van der Waals surface area (Å²) >= 11 is 0. The number of piperidine rings is 1. The lowest BCUT2D eigenvalue weighted by atomic mass is 9.58. The largest absolute Gasteiger partial charge is 0.378 e. The van der Waals surface area contributed by atoms with Gasteiger partial charge in [-0.05, 0) is 45.4 Å². The Labute approximate surface area is 152 Å². The van der Waals surface area contributed by atoms with Gasteiger partial charge >= 0.3 is 0 Å². The van der Waals surface area contributed by atoms with Crippen molar-refractivity contribution in [3.8, 4) is 0 Å². The first kappa shape index (κ1) is 20.0. The molecule has 0 radical (unpaired) electrons. The molecule has 0 aromatic heterocycles. The van der Waals surface area contributed by atoms with Crippen LogP contribution in [-0.2, 0) is 9.53 Å². The van der Waals surface area contributed by atoms with Gasteiger partial charge in [-0.3, -0.25) is 9.79 Å². The molecule has 1 aliphatic heterocycles. The Kier molecular flexibility index (Phi) is 7.54. The molecule has 6 heteroatoms. The first-order chi connectivity index (χ1) is 12.1. The van der Waals surface area contributed by atoms with Crippen LogP contribution in [-0.4, -0.2) is 62.2 Å². The Bertz CT molecular complexity index is 456. The maximum absolute atomic E-state index is 12.3. The van der Waals surface area contributed by atoms with Crippen molar-refractivity contribution in [2.24, 2.45) is 10.4 Å². The van der Waals surface area contributed by atoms with Gasteiger partial charge in [-0.1, -0.05) is 13.8 Å². The molecule has 0 aromatic rings. The van der Waals surface area contributed by atoms with E-state index in [0.717, 1.165) is 57.8 Å². The number of rotatable bonds is 7. The third-order valence-electron chi connectivity index (χ3n) is 6.12. The molecule has 0 bridgehead atoms. The zero-order valence-electron chi connectivity index (χ0n) is 16.4. The van der Waals surface area contributed by atoms with Crippen molar-refractivity contribution in [1.29, 1.82) is 0 Å². The van der Waals surface area contributed by atoms with Gasteiger partial charge < -0.3 is 20.3 Å². The summed E-state index contributed by atoms with van der Waals surface area (Å²) < 4.78 is 5.94. The van der Waals surface area contributed by atoms with Gasteiger partial charge in [-0.25, -0.2) is 0 Å². The molecule has 0 aromatic carbocycles.